The van der Waals surface area contributed by atoms with Crippen molar-refractivity contribution in [3.8, 4) is 5.75 Å². The van der Waals surface area contributed by atoms with Crippen molar-refractivity contribution in [1.82, 2.24) is 10.6 Å². The van der Waals surface area contributed by atoms with E-state index in [1.165, 1.54) is 13.2 Å². The highest BCUT2D eigenvalue weighted by Gasteiger charge is 2.35. The third-order valence-corrected chi connectivity index (χ3v) is 4.91. The number of urea groups is 1. The summed E-state index contributed by atoms with van der Waals surface area (Å²) in [5.74, 6) is -0.282. The second-order valence-electron chi connectivity index (χ2n) is 7.35. The molecule has 34 heavy (non-hydrogen) atoms. The summed E-state index contributed by atoms with van der Waals surface area (Å²) >= 11 is 0. The maximum atomic E-state index is 12.6. The Morgan fingerprint density at radius 2 is 1.85 bits per heavy atom. The number of rotatable bonds is 11. The van der Waals surface area contributed by atoms with E-state index in [-0.39, 0.29) is 43.3 Å². The van der Waals surface area contributed by atoms with Gasteiger partial charge in [-0.3, -0.25) is 9.59 Å². The van der Waals surface area contributed by atoms with Crippen LogP contribution in [0.1, 0.15) is 48.8 Å². The van der Waals surface area contributed by atoms with E-state index in [0.29, 0.717) is 23.5 Å². The summed E-state index contributed by atoms with van der Waals surface area (Å²) < 4.78 is 21.3. The van der Waals surface area contributed by atoms with Gasteiger partial charge in [0.05, 0.1) is 30.7 Å². The first kappa shape index (κ1) is 24.6. The number of hydrogen-bond acceptors (Lipinski definition) is 8. The molecule has 0 saturated heterocycles. The minimum atomic E-state index is -0.876. The number of amides is 2. The van der Waals surface area contributed by atoms with Gasteiger partial charge in [0.2, 0.25) is 0 Å². The molecule has 2 amide bonds. The van der Waals surface area contributed by atoms with Crippen molar-refractivity contribution in [1.29, 1.82) is 0 Å². The summed E-state index contributed by atoms with van der Waals surface area (Å²) in [5, 5.41) is 5.13. The van der Waals surface area contributed by atoms with Crippen molar-refractivity contribution in [3.63, 3.8) is 0 Å². The number of nitrogens with one attached hydrogen (secondary N) is 2. The van der Waals surface area contributed by atoms with Crippen LogP contribution in [0.5, 0.6) is 5.75 Å². The highest BCUT2D eigenvalue weighted by atomic mass is 16.5. The van der Waals surface area contributed by atoms with E-state index in [4.69, 9.17) is 18.6 Å². The lowest BCUT2D eigenvalue weighted by Gasteiger charge is -2.27. The smallest absolute Gasteiger partial charge is 0.338 e. The molecule has 1 unspecified atom stereocenters. The van der Waals surface area contributed by atoms with Crippen molar-refractivity contribution in [2.45, 2.75) is 32.7 Å². The van der Waals surface area contributed by atoms with E-state index in [0.717, 1.165) is 0 Å². The van der Waals surface area contributed by atoms with E-state index < -0.39 is 24.0 Å². The average Bonchev–Trinajstić information content (AvgIpc) is 3.35. The third-order valence-electron chi connectivity index (χ3n) is 4.91. The van der Waals surface area contributed by atoms with Crippen LogP contribution in [0.4, 0.5) is 4.79 Å². The van der Waals surface area contributed by atoms with Crippen molar-refractivity contribution >= 4 is 23.8 Å². The summed E-state index contributed by atoms with van der Waals surface area (Å²) in [6.45, 7) is 3.23. The van der Waals surface area contributed by atoms with Gasteiger partial charge in [-0.15, -0.1) is 0 Å². The van der Waals surface area contributed by atoms with Crippen LogP contribution in [0.25, 0.3) is 0 Å². The first-order chi connectivity index (χ1) is 16.4. The maximum Gasteiger partial charge on any atom is 0.338 e. The number of ether oxygens (including phenoxy) is 3. The van der Waals surface area contributed by atoms with Crippen LogP contribution in [-0.2, 0) is 19.1 Å². The van der Waals surface area contributed by atoms with E-state index in [2.05, 4.69) is 10.6 Å². The summed E-state index contributed by atoms with van der Waals surface area (Å²) in [6.07, 6.45) is 1.88. The molecule has 3 rings (SSSR count). The second-order valence-corrected chi connectivity index (χ2v) is 7.35. The number of furan rings is 1. The molecule has 0 radical (unpaired) electrons. The van der Waals surface area contributed by atoms with Gasteiger partial charge in [0.1, 0.15) is 24.2 Å². The predicted molar refractivity (Wildman–Crippen MR) is 119 cm³/mol. The number of carbonyl (C=O) groups excluding carboxylic acids is 4. The largest absolute Gasteiger partial charge is 0.494 e. The zero-order valence-electron chi connectivity index (χ0n) is 18.9. The SMILES string of the molecule is CCOC(=O)C1=C(COC(=O)CCCOc2ccc(C(C)=O)cc2)NC(=O)NC1c1ccco1. The molecular formula is C24H26N2O8. The van der Waals surface area contributed by atoms with Crippen molar-refractivity contribution in [2.24, 2.45) is 0 Å². The topological polar surface area (TPSA) is 133 Å². The molecular weight excluding hydrogens is 444 g/mol. The molecule has 0 aliphatic carbocycles. The highest BCUT2D eigenvalue weighted by molar-refractivity contribution is 5.95. The van der Waals surface area contributed by atoms with Gasteiger partial charge >= 0.3 is 18.0 Å². The number of carbonyl (C=O) groups is 4. The zero-order chi connectivity index (χ0) is 24.5. The molecule has 10 nitrogen and oxygen atoms in total. The van der Waals surface area contributed by atoms with Crippen LogP contribution in [0.15, 0.2) is 58.3 Å². The van der Waals surface area contributed by atoms with E-state index in [9.17, 15) is 19.2 Å². The minimum absolute atomic E-state index is 0.0315. The van der Waals surface area contributed by atoms with Gasteiger partial charge in [-0.05, 0) is 56.7 Å². The van der Waals surface area contributed by atoms with Crippen LogP contribution in [-0.4, -0.2) is 43.6 Å². The zero-order valence-corrected chi connectivity index (χ0v) is 18.9. The maximum absolute atomic E-state index is 12.6. The Labute approximate surface area is 196 Å². The molecule has 2 N–H and O–H groups in total. The number of esters is 2. The van der Waals surface area contributed by atoms with Crippen LogP contribution < -0.4 is 15.4 Å². The van der Waals surface area contributed by atoms with Crippen molar-refractivity contribution in [2.75, 3.05) is 19.8 Å². The molecule has 1 atom stereocenters. The Morgan fingerprint density at radius 3 is 2.50 bits per heavy atom. The van der Waals surface area contributed by atoms with Crippen LogP contribution in [0.3, 0.4) is 0 Å². The lowest BCUT2D eigenvalue weighted by atomic mass is 10.0. The summed E-state index contributed by atoms with van der Waals surface area (Å²) in [5.41, 5.74) is 0.812. The fourth-order valence-corrected chi connectivity index (χ4v) is 3.27. The fourth-order valence-electron chi connectivity index (χ4n) is 3.27. The summed E-state index contributed by atoms with van der Waals surface area (Å²) in [7, 11) is 0. The monoisotopic (exact) mass is 470 g/mol. The van der Waals surface area contributed by atoms with Gasteiger partial charge in [-0.25, -0.2) is 9.59 Å². The molecule has 0 spiro atoms. The normalized spacial score (nSPS) is 15.2. The van der Waals surface area contributed by atoms with Gasteiger partial charge < -0.3 is 29.3 Å². The molecule has 0 fully saturated rings. The Bertz CT molecular complexity index is 1060. The summed E-state index contributed by atoms with van der Waals surface area (Å²) in [4.78, 5) is 48.2. The number of Topliss-reactive ketones (excluding diaryl/α,β-unsaturated/α-hetero) is 1. The molecule has 1 aliphatic heterocycles. The van der Waals surface area contributed by atoms with Gasteiger partial charge in [0.25, 0.3) is 0 Å². The molecule has 2 aromatic rings. The number of benzene rings is 1. The minimum Gasteiger partial charge on any atom is -0.494 e. The Balaban J connectivity index is 1.56. The third kappa shape index (κ3) is 6.47. The Morgan fingerprint density at radius 1 is 1.09 bits per heavy atom. The first-order valence-corrected chi connectivity index (χ1v) is 10.8. The van der Waals surface area contributed by atoms with E-state index >= 15 is 0 Å². The molecule has 1 aliphatic rings. The standard InChI is InChI=1S/C24H26N2O8/c1-3-31-23(29)21-18(25-24(30)26-22(21)19-6-4-13-33-19)14-34-20(28)7-5-12-32-17-10-8-16(9-11-17)15(2)27/h4,6,8-11,13,22H,3,5,7,12,14H2,1-2H3,(H2,25,26,30). The van der Waals surface area contributed by atoms with Crippen molar-refractivity contribution in [3.05, 3.63) is 65.3 Å². The quantitative estimate of drug-likeness (QED) is 0.291. The molecule has 10 heteroatoms. The van der Waals surface area contributed by atoms with Gasteiger partial charge in [-0.1, -0.05) is 0 Å². The average molecular weight is 470 g/mol. The molecule has 1 aromatic heterocycles. The molecule has 180 valence electrons. The first-order valence-electron chi connectivity index (χ1n) is 10.8. The van der Waals surface area contributed by atoms with E-state index in [1.54, 1.807) is 43.3 Å². The van der Waals surface area contributed by atoms with Crippen LogP contribution in [0, 0.1) is 0 Å². The highest BCUT2D eigenvalue weighted by Crippen LogP contribution is 2.28. The lowest BCUT2D eigenvalue weighted by molar-refractivity contribution is -0.144. The molecule has 0 saturated carbocycles. The van der Waals surface area contributed by atoms with Gasteiger partial charge in [0, 0.05) is 12.0 Å². The Hall–Kier alpha value is -4.08. The number of ketones is 1. The van der Waals surface area contributed by atoms with Crippen LogP contribution >= 0.6 is 0 Å². The fraction of sp³-hybridized carbons (Fsp3) is 0.333. The molecule has 2 heterocycles. The van der Waals surface area contributed by atoms with E-state index in [1.807, 2.05) is 0 Å². The second kappa shape index (κ2) is 11.7. The number of hydrogen-bond donors (Lipinski definition) is 2. The lowest BCUT2D eigenvalue weighted by Crippen LogP contribution is -2.47. The molecule has 1 aromatic carbocycles. The van der Waals surface area contributed by atoms with Gasteiger partial charge in [-0.2, -0.15) is 0 Å². The summed E-state index contributed by atoms with van der Waals surface area (Å²) in [6, 6.07) is 8.53. The van der Waals surface area contributed by atoms with Gasteiger partial charge in [0.15, 0.2) is 5.78 Å². The molecule has 0 bridgehead atoms. The van der Waals surface area contributed by atoms with Crippen molar-refractivity contribution < 1.29 is 37.8 Å². The predicted octanol–water partition coefficient (Wildman–Crippen LogP) is 3.06. The Kier molecular flexibility index (Phi) is 8.44. The van der Waals surface area contributed by atoms with Crippen LogP contribution in [0.2, 0.25) is 0 Å².